The Morgan fingerprint density at radius 3 is 2.26 bits per heavy atom. The minimum atomic E-state index is -0.582. The molecule has 2 N–H and O–H groups in total. The molecule has 1 unspecified atom stereocenters. The van der Waals surface area contributed by atoms with Gasteiger partial charge < -0.3 is 5.73 Å². The Morgan fingerprint density at radius 2 is 1.79 bits per heavy atom. The molecule has 0 aliphatic heterocycles. The Labute approximate surface area is 111 Å². The van der Waals surface area contributed by atoms with Crippen LogP contribution >= 0.6 is 0 Å². The number of nitrogens with zero attached hydrogens (tertiary/aromatic N) is 2. The molecule has 0 aliphatic rings. The number of hydrogen-bond acceptors (Lipinski definition) is 2. The first-order chi connectivity index (χ1) is 8.88. The summed E-state index contributed by atoms with van der Waals surface area (Å²) in [4.78, 5) is 0. The lowest BCUT2D eigenvalue weighted by Gasteiger charge is -2.13. The monoisotopic (exact) mass is 265 g/mol. The van der Waals surface area contributed by atoms with Gasteiger partial charge in [0.2, 0.25) is 0 Å². The number of aryl methyl sites for hydroxylation is 2. The van der Waals surface area contributed by atoms with Crippen LogP contribution in [0, 0.1) is 25.5 Å². The van der Waals surface area contributed by atoms with E-state index in [1.807, 2.05) is 20.9 Å². The molecule has 1 heterocycles. The minimum Gasteiger partial charge on any atom is -0.324 e. The van der Waals surface area contributed by atoms with E-state index in [0.29, 0.717) is 12.0 Å². The summed E-state index contributed by atoms with van der Waals surface area (Å²) in [5, 5.41) is 4.30. The molecule has 3 nitrogen and oxygen atoms in total. The molecule has 2 aromatic rings. The van der Waals surface area contributed by atoms with Gasteiger partial charge in [0.25, 0.3) is 0 Å². The molecule has 1 aromatic heterocycles. The van der Waals surface area contributed by atoms with Crippen LogP contribution in [0.4, 0.5) is 8.78 Å². The molecule has 0 radical (unpaired) electrons. The van der Waals surface area contributed by atoms with E-state index in [1.54, 1.807) is 4.68 Å². The number of benzene rings is 1. The highest BCUT2D eigenvalue weighted by molar-refractivity contribution is 5.30. The van der Waals surface area contributed by atoms with Gasteiger partial charge in [0.1, 0.15) is 11.6 Å². The highest BCUT2D eigenvalue weighted by Crippen LogP contribution is 2.23. The predicted molar refractivity (Wildman–Crippen MR) is 69.7 cm³/mol. The van der Waals surface area contributed by atoms with Crippen LogP contribution in [0.1, 0.15) is 28.6 Å². The number of halogens is 2. The van der Waals surface area contributed by atoms with E-state index in [0.717, 1.165) is 23.0 Å². The molecule has 19 heavy (non-hydrogen) atoms. The third kappa shape index (κ3) is 2.81. The highest BCUT2D eigenvalue weighted by atomic mass is 19.1. The fraction of sp³-hybridized carbons (Fsp3) is 0.357. The quantitative estimate of drug-likeness (QED) is 0.927. The van der Waals surface area contributed by atoms with Gasteiger partial charge >= 0.3 is 0 Å². The predicted octanol–water partition coefficient (Wildman–Crippen LogP) is 2.56. The van der Waals surface area contributed by atoms with Crippen molar-refractivity contribution < 1.29 is 8.78 Å². The van der Waals surface area contributed by atoms with Crippen molar-refractivity contribution >= 4 is 0 Å². The van der Waals surface area contributed by atoms with Gasteiger partial charge in [0.05, 0.1) is 5.69 Å². The first-order valence-electron chi connectivity index (χ1n) is 6.09. The SMILES string of the molecule is Cc1nn(C)c(C)c1C(N)Cc1cc(F)cc(F)c1. The Morgan fingerprint density at radius 1 is 1.21 bits per heavy atom. The van der Waals surface area contributed by atoms with E-state index in [2.05, 4.69) is 5.10 Å². The van der Waals surface area contributed by atoms with Crippen LogP contribution in [-0.2, 0) is 13.5 Å². The van der Waals surface area contributed by atoms with Crippen molar-refractivity contribution in [1.29, 1.82) is 0 Å². The minimum absolute atomic E-state index is 0.324. The van der Waals surface area contributed by atoms with E-state index in [4.69, 9.17) is 5.73 Å². The maximum atomic E-state index is 13.1. The van der Waals surface area contributed by atoms with E-state index in [9.17, 15) is 8.78 Å². The molecule has 1 atom stereocenters. The molecule has 0 saturated carbocycles. The third-order valence-electron chi connectivity index (χ3n) is 3.31. The molecule has 102 valence electrons. The van der Waals surface area contributed by atoms with Crippen molar-refractivity contribution in [2.45, 2.75) is 26.3 Å². The molecular formula is C14H17F2N3. The molecule has 0 spiro atoms. The second kappa shape index (κ2) is 5.09. The molecule has 0 amide bonds. The molecule has 2 rings (SSSR count). The molecular weight excluding hydrogens is 248 g/mol. The number of nitrogens with two attached hydrogens (primary N) is 1. The zero-order chi connectivity index (χ0) is 14.2. The first kappa shape index (κ1) is 13.7. The van der Waals surface area contributed by atoms with Crippen molar-refractivity contribution in [1.82, 2.24) is 9.78 Å². The van der Waals surface area contributed by atoms with Crippen molar-refractivity contribution in [2.75, 3.05) is 0 Å². The van der Waals surface area contributed by atoms with Gasteiger partial charge in [-0.3, -0.25) is 4.68 Å². The lowest BCUT2D eigenvalue weighted by Crippen LogP contribution is -2.15. The standard InChI is InChI=1S/C14H17F2N3/c1-8-14(9(2)19(3)18-8)13(17)6-10-4-11(15)7-12(16)5-10/h4-5,7,13H,6,17H2,1-3H3. The number of hydrogen-bond donors (Lipinski definition) is 1. The summed E-state index contributed by atoms with van der Waals surface area (Å²) in [6.45, 7) is 3.82. The summed E-state index contributed by atoms with van der Waals surface area (Å²) in [5.41, 5.74) is 9.46. The molecule has 0 fully saturated rings. The van der Waals surface area contributed by atoms with E-state index in [-0.39, 0.29) is 6.04 Å². The lowest BCUT2D eigenvalue weighted by atomic mass is 9.98. The average molecular weight is 265 g/mol. The highest BCUT2D eigenvalue weighted by Gasteiger charge is 2.17. The Balaban J connectivity index is 2.27. The van der Waals surface area contributed by atoms with Crippen molar-refractivity contribution in [3.05, 3.63) is 52.3 Å². The maximum Gasteiger partial charge on any atom is 0.126 e. The van der Waals surface area contributed by atoms with E-state index < -0.39 is 11.6 Å². The summed E-state index contributed by atoms with van der Waals surface area (Å²) in [5.74, 6) is -1.16. The van der Waals surface area contributed by atoms with Gasteiger partial charge in [-0.15, -0.1) is 0 Å². The van der Waals surface area contributed by atoms with Crippen molar-refractivity contribution in [3.8, 4) is 0 Å². The smallest absolute Gasteiger partial charge is 0.126 e. The topological polar surface area (TPSA) is 43.8 Å². The number of aromatic nitrogens is 2. The van der Waals surface area contributed by atoms with Gasteiger partial charge in [-0.2, -0.15) is 5.10 Å². The summed E-state index contributed by atoms with van der Waals surface area (Å²) < 4.78 is 28.1. The normalized spacial score (nSPS) is 12.7. The van der Waals surface area contributed by atoms with Crippen molar-refractivity contribution in [2.24, 2.45) is 12.8 Å². The van der Waals surface area contributed by atoms with Crippen LogP contribution in [0.15, 0.2) is 18.2 Å². The molecule has 0 bridgehead atoms. The second-order valence-electron chi connectivity index (χ2n) is 4.80. The Bertz CT molecular complexity index is 585. The molecule has 0 saturated heterocycles. The van der Waals surface area contributed by atoms with E-state index >= 15 is 0 Å². The van der Waals surface area contributed by atoms with Crippen LogP contribution in [0.2, 0.25) is 0 Å². The Kier molecular flexibility index (Phi) is 3.66. The van der Waals surface area contributed by atoms with Gasteiger partial charge in [-0.25, -0.2) is 8.78 Å². The summed E-state index contributed by atoms with van der Waals surface area (Å²) >= 11 is 0. The maximum absolute atomic E-state index is 13.1. The van der Waals surface area contributed by atoms with Crippen LogP contribution in [-0.4, -0.2) is 9.78 Å². The van der Waals surface area contributed by atoms with Crippen LogP contribution in [0.25, 0.3) is 0 Å². The van der Waals surface area contributed by atoms with Crippen LogP contribution in [0.5, 0.6) is 0 Å². The molecule has 5 heteroatoms. The van der Waals surface area contributed by atoms with Gasteiger partial charge in [0.15, 0.2) is 0 Å². The molecule has 0 aliphatic carbocycles. The van der Waals surface area contributed by atoms with Crippen molar-refractivity contribution in [3.63, 3.8) is 0 Å². The first-order valence-corrected chi connectivity index (χ1v) is 6.09. The summed E-state index contributed by atoms with van der Waals surface area (Å²) in [6, 6.07) is 3.15. The second-order valence-corrected chi connectivity index (χ2v) is 4.80. The van der Waals surface area contributed by atoms with Crippen LogP contribution in [0.3, 0.4) is 0 Å². The average Bonchev–Trinajstić information content (AvgIpc) is 2.51. The largest absolute Gasteiger partial charge is 0.324 e. The fourth-order valence-electron chi connectivity index (χ4n) is 2.41. The third-order valence-corrected chi connectivity index (χ3v) is 3.31. The van der Waals surface area contributed by atoms with Gasteiger partial charge in [-0.1, -0.05) is 0 Å². The fourth-order valence-corrected chi connectivity index (χ4v) is 2.41. The summed E-state index contributed by atoms with van der Waals surface area (Å²) in [6.07, 6.45) is 0.377. The van der Waals surface area contributed by atoms with Crippen LogP contribution < -0.4 is 5.73 Å². The van der Waals surface area contributed by atoms with Gasteiger partial charge in [-0.05, 0) is 38.0 Å². The zero-order valence-electron chi connectivity index (χ0n) is 11.2. The van der Waals surface area contributed by atoms with Gasteiger partial charge in [0, 0.05) is 30.4 Å². The zero-order valence-corrected chi connectivity index (χ0v) is 11.2. The lowest BCUT2D eigenvalue weighted by molar-refractivity contribution is 0.576. The Hall–Kier alpha value is -1.75. The molecule has 1 aromatic carbocycles. The number of rotatable bonds is 3. The summed E-state index contributed by atoms with van der Waals surface area (Å²) in [7, 11) is 1.85. The van der Waals surface area contributed by atoms with E-state index in [1.165, 1.54) is 12.1 Å².